The van der Waals surface area contributed by atoms with E-state index in [1.54, 1.807) is 0 Å². The third-order valence-electron chi connectivity index (χ3n) is 2.95. The van der Waals surface area contributed by atoms with Crippen LogP contribution in [-0.4, -0.2) is 11.7 Å². The summed E-state index contributed by atoms with van der Waals surface area (Å²) in [6.45, 7) is 4.02. The van der Waals surface area contributed by atoms with Crippen LogP contribution < -0.4 is 5.32 Å². The Balaban J connectivity index is 1.97. The average molecular weight is 432 g/mol. The Labute approximate surface area is 147 Å². The third kappa shape index (κ3) is 4.90. The highest BCUT2D eigenvalue weighted by Crippen LogP contribution is 2.24. The fourth-order valence-corrected chi connectivity index (χ4v) is 3.72. The molecule has 2 aromatic carbocycles. The fourth-order valence-electron chi connectivity index (χ4n) is 1.96. The number of carbonyl (C=O) groups excluding carboxylic acids is 1. The molecule has 1 amide bonds. The molecule has 0 bridgehead atoms. The van der Waals surface area contributed by atoms with Gasteiger partial charge in [0, 0.05) is 19.2 Å². The normalized spacial score (nSPS) is 10.5. The molecule has 0 aliphatic heterocycles. The van der Waals surface area contributed by atoms with Gasteiger partial charge in [-0.15, -0.1) is 11.8 Å². The first-order chi connectivity index (χ1) is 9.95. The minimum atomic E-state index is 0.00218. The summed E-state index contributed by atoms with van der Waals surface area (Å²) >= 11 is 9.62. The van der Waals surface area contributed by atoms with Gasteiger partial charge in [-0.1, -0.05) is 11.6 Å². The van der Waals surface area contributed by atoms with Crippen LogP contribution in [0.25, 0.3) is 0 Å². The quantitative estimate of drug-likeness (QED) is 0.526. The Morgan fingerprint density at radius 1 is 1.19 bits per heavy atom. The molecule has 0 saturated heterocycles. The van der Waals surface area contributed by atoms with Crippen molar-refractivity contribution in [1.29, 1.82) is 0 Å². The summed E-state index contributed by atoms with van der Waals surface area (Å²) in [6.07, 6.45) is 0. The van der Waals surface area contributed by atoms with E-state index < -0.39 is 0 Å². The number of aryl methyl sites for hydroxylation is 2. The second-order valence-electron chi connectivity index (χ2n) is 4.71. The SMILES string of the molecule is Cc1cc(I)cc(C)c1NC(=O)CSc1ccc(Cl)cc1. The summed E-state index contributed by atoms with van der Waals surface area (Å²) < 4.78 is 1.18. The highest BCUT2D eigenvalue weighted by Gasteiger charge is 2.09. The molecule has 0 fully saturated rings. The zero-order chi connectivity index (χ0) is 15.4. The Kier molecular flexibility index (Phi) is 5.96. The van der Waals surface area contributed by atoms with Gasteiger partial charge in [-0.3, -0.25) is 4.79 Å². The Hall–Kier alpha value is -0.720. The maximum Gasteiger partial charge on any atom is 0.234 e. The lowest BCUT2D eigenvalue weighted by molar-refractivity contribution is -0.113. The van der Waals surface area contributed by atoms with Gasteiger partial charge in [-0.05, 0) is 84.0 Å². The third-order valence-corrected chi connectivity index (χ3v) is 4.83. The number of anilines is 1. The molecule has 21 heavy (non-hydrogen) atoms. The van der Waals surface area contributed by atoms with Crippen LogP contribution >= 0.6 is 46.0 Å². The monoisotopic (exact) mass is 431 g/mol. The molecule has 0 spiro atoms. The molecule has 0 aliphatic carbocycles. The first-order valence-electron chi connectivity index (χ1n) is 6.40. The number of benzene rings is 2. The smallest absolute Gasteiger partial charge is 0.234 e. The summed E-state index contributed by atoms with van der Waals surface area (Å²) in [5, 5.41) is 3.70. The van der Waals surface area contributed by atoms with E-state index in [1.807, 2.05) is 38.1 Å². The number of nitrogens with one attached hydrogen (secondary N) is 1. The second kappa shape index (κ2) is 7.51. The van der Waals surface area contributed by atoms with Crippen molar-refractivity contribution in [3.63, 3.8) is 0 Å². The predicted octanol–water partition coefficient (Wildman–Crippen LogP) is 5.29. The average Bonchev–Trinajstić information content (AvgIpc) is 2.42. The Morgan fingerprint density at radius 3 is 2.33 bits per heavy atom. The van der Waals surface area contributed by atoms with Gasteiger partial charge in [-0.2, -0.15) is 0 Å². The standard InChI is InChI=1S/C16H15ClINOS/c1-10-7-13(18)8-11(2)16(10)19-15(20)9-21-14-5-3-12(17)4-6-14/h3-8H,9H2,1-2H3,(H,19,20). The molecular formula is C16H15ClINOS. The lowest BCUT2D eigenvalue weighted by atomic mass is 10.1. The molecule has 5 heteroatoms. The maximum atomic E-state index is 12.1. The Morgan fingerprint density at radius 2 is 1.76 bits per heavy atom. The van der Waals surface area contributed by atoms with Crippen molar-refractivity contribution in [1.82, 2.24) is 0 Å². The first kappa shape index (κ1) is 16.6. The molecule has 2 aromatic rings. The molecule has 1 N–H and O–H groups in total. The lowest BCUT2D eigenvalue weighted by Gasteiger charge is -2.12. The van der Waals surface area contributed by atoms with Gasteiger partial charge in [0.25, 0.3) is 0 Å². The summed E-state index contributed by atoms with van der Waals surface area (Å²) in [5.74, 6) is 0.384. The highest BCUT2D eigenvalue weighted by atomic mass is 127. The van der Waals surface area contributed by atoms with Crippen LogP contribution in [0, 0.1) is 17.4 Å². The van der Waals surface area contributed by atoms with Gasteiger partial charge >= 0.3 is 0 Å². The first-order valence-corrected chi connectivity index (χ1v) is 8.85. The van der Waals surface area contributed by atoms with Crippen LogP contribution in [0.15, 0.2) is 41.3 Å². The molecule has 110 valence electrons. The van der Waals surface area contributed by atoms with Crippen molar-refractivity contribution in [3.8, 4) is 0 Å². The van der Waals surface area contributed by atoms with Crippen molar-refractivity contribution in [2.45, 2.75) is 18.7 Å². The van der Waals surface area contributed by atoms with Crippen molar-refractivity contribution < 1.29 is 4.79 Å². The number of hydrogen-bond donors (Lipinski definition) is 1. The molecule has 2 nitrogen and oxygen atoms in total. The van der Waals surface area contributed by atoms with Crippen molar-refractivity contribution in [2.24, 2.45) is 0 Å². The van der Waals surface area contributed by atoms with E-state index in [4.69, 9.17) is 11.6 Å². The van der Waals surface area contributed by atoms with Crippen molar-refractivity contribution in [3.05, 3.63) is 56.1 Å². The van der Waals surface area contributed by atoms with Gasteiger partial charge in [0.05, 0.1) is 5.75 Å². The molecule has 2 rings (SSSR count). The maximum absolute atomic E-state index is 12.1. The van der Waals surface area contributed by atoms with E-state index >= 15 is 0 Å². The van der Waals surface area contributed by atoms with Crippen LogP contribution in [0.3, 0.4) is 0 Å². The molecule has 0 aromatic heterocycles. The molecule has 0 heterocycles. The Bertz CT molecular complexity index is 635. The van der Waals surface area contributed by atoms with E-state index in [9.17, 15) is 4.79 Å². The van der Waals surface area contributed by atoms with Crippen LogP contribution in [0.1, 0.15) is 11.1 Å². The van der Waals surface area contributed by atoms with Gasteiger partial charge in [0.2, 0.25) is 5.91 Å². The molecule has 0 radical (unpaired) electrons. The number of carbonyl (C=O) groups is 1. The second-order valence-corrected chi connectivity index (χ2v) is 7.44. The predicted molar refractivity (Wildman–Crippen MR) is 99.4 cm³/mol. The minimum Gasteiger partial charge on any atom is -0.325 e. The molecule has 0 atom stereocenters. The topological polar surface area (TPSA) is 29.1 Å². The fraction of sp³-hybridized carbons (Fsp3) is 0.188. The number of halogens is 2. The minimum absolute atomic E-state index is 0.00218. The molecule has 0 unspecified atom stereocenters. The largest absolute Gasteiger partial charge is 0.325 e. The van der Waals surface area contributed by atoms with Crippen LogP contribution in [-0.2, 0) is 4.79 Å². The zero-order valence-corrected chi connectivity index (χ0v) is 15.5. The van der Waals surface area contributed by atoms with Gasteiger partial charge in [0.15, 0.2) is 0 Å². The van der Waals surface area contributed by atoms with E-state index in [-0.39, 0.29) is 5.91 Å². The number of hydrogen-bond acceptors (Lipinski definition) is 2. The molecular weight excluding hydrogens is 417 g/mol. The number of rotatable bonds is 4. The highest BCUT2D eigenvalue weighted by molar-refractivity contribution is 14.1. The molecule has 0 saturated carbocycles. The van der Waals surface area contributed by atoms with Gasteiger partial charge in [-0.25, -0.2) is 0 Å². The van der Waals surface area contributed by atoms with Crippen LogP contribution in [0.2, 0.25) is 5.02 Å². The van der Waals surface area contributed by atoms with Gasteiger partial charge in [0.1, 0.15) is 0 Å². The van der Waals surface area contributed by atoms with E-state index in [0.29, 0.717) is 10.8 Å². The van der Waals surface area contributed by atoms with Gasteiger partial charge < -0.3 is 5.32 Å². The zero-order valence-electron chi connectivity index (χ0n) is 11.7. The molecule has 0 aliphatic rings. The van der Waals surface area contributed by atoms with Crippen LogP contribution in [0.4, 0.5) is 5.69 Å². The van der Waals surface area contributed by atoms with Crippen molar-refractivity contribution in [2.75, 3.05) is 11.1 Å². The summed E-state index contributed by atoms with van der Waals surface area (Å²) in [4.78, 5) is 13.1. The van der Waals surface area contributed by atoms with Crippen molar-refractivity contribution >= 4 is 57.5 Å². The van der Waals surface area contributed by atoms with E-state index in [0.717, 1.165) is 21.7 Å². The van der Waals surface area contributed by atoms with E-state index in [1.165, 1.54) is 15.3 Å². The number of thioether (sulfide) groups is 1. The summed E-state index contributed by atoms with van der Waals surface area (Å²) in [6, 6.07) is 11.6. The van der Waals surface area contributed by atoms with Crippen LogP contribution in [0.5, 0.6) is 0 Å². The summed E-state index contributed by atoms with van der Waals surface area (Å²) in [5.41, 5.74) is 3.09. The lowest BCUT2D eigenvalue weighted by Crippen LogP contribution is -2.15. The van der Waals surface area contributed by atoms with E-state index in [2.05, 4.69) is 40.0 Å². The number of amides is 1. The summed E-state index contributed by atoms with van der Waals surface area (Å²) in [7, 11) is 0.